The van der Waals surface area contributed by atoms with E-state index < -0.39 is 8.24 Å². The largest absolute Gasteiger partial charge is 0.329 e. The average molecular weight is 227 g/mol. The molecule has 2 aromatic rings. The van der Waals surface area contributed by atoms with Crippen molar-refractivity contribution in [3.8, 4) is 0 Å². The van der Waals surface area contributed by atoms with Crippen molar-refractivity contribution in [2.75, 3.05) is 0 Å². The van der Waals surface area contributed by atoms with Crippen molar-refractivity contribution in [1.82, 2.24) is 0 Å². The highest BCUT2D eigenvalue weighted by atomic mass is 28.3. The standard InChI is InChI=1S/C14H17NSi/c1-16(2,3)15-11-12-8-9-13-6-4-5-7-14(13)10-12/h4-11H,1-3H3/b15-11+. The Balaban J connectivity index is 2.37. The second-order valence-corrected chi connectivity index (χ2v) is 9.64. The topological polar surface area (TPSA) is 12.4 Å². The van der Waals surface area contributed by atoms with Crippen LogP contribution in [0, 0.1) is 0 Å². The average Bonchev–Trinajstić information content (AvgIpc) is 2.25. The number of nitrogens with zero attached hydrogens (tertiary/aromatic N) is 1. The molecule has 16 heavy (non-hydrogen) atoms. The minimum atomic E-state index is -1.34. The highest BCUT2D eigenvalue weighted by Gasteiger charge is 2.08. The fraction of sp³-hybridized carbons (Fsp3) is 0.214. The van der Waals surface area contributed by atoms with E-state index >= 15 is 0 Å². The van der Waals surface area contributed by atoms with Crippen LogP contribution in [-0.2, 0) is 0 Å². The van der Waals surface area contributed by atoms with E-state index in [9.17, 15) is 0 Å². The molecule has 0 radical (unpaired) electrons. The second kappa shape index (κ2) is 4.22. The molecule has 0 saturated heterocycles. The first-order valence-electron chi connectivity index (χ1n) is 5.59. The fourth-order valence-corrected chi connectivity index (χ4v) is 2.09. The van der Waals surface area contributed by atoms with Crippen LogP contribution in [0.4, 0.5) is 0 Å². The molecule has 0 aromatic heterocycles. The normalized spacial score (nSPS) is 12.4. The van der Waals surface area contributed by atoms with Crippen LogP contribution >= 0.6 is 0 Å². The lowest BCUT2D eigenvalue weighted by atomic mass is 10.1. The summed E-state index contributed by atoms with van der Waals surface area (Å²) in [6.45, 7) is 6.72. The van der Waals surface area contributed by atoms with Crippen LogP contribution in [0.3, 0.4) is 0 Å². The third-order valence-electron chi connectivity index (χ3n) is 2.37. The Bertz CT molecular complexity index is 523. The zero-order valence-corrected chi connectivity index (χ0v) is 11.1. The van der Waals surface area contributed by atoms with Gasteiger partial charge in [0.25, 0.3) is 0 Å². The van der Waals surface area contributed by atoms with E-state index in [-0.39, 0.29) is 0 Å². The molecule has 2 heteroatoms. The minimum Gasteiger partial charge on any atom is -0.329 e. The van der Waals surface area contributed by atoms with Gasteiger partial charge in [0, 0.05) is 6.21 Å². The summed E-state index contributed by atoms with van der Waals surface area (Å²) < 4.78 is 4.65. The van der Waals surface area contributed by atoms with Gasteiger partial charge in [0.2, 0.25) is 0 Å². The van der Waals surface area contributed by atoms with Crippen molar-refractivity contribution in [3.63, 3.8) is 0 Å². The molecular weight excluding hydrogens is 210 g/mol. The van der Waals surface area contributed by atoms with E-state index in [1.807, 2.05) is 6.21 Å². The lowest BCUT2D eigenvalue weighted by Crippen LogP contribution is -2.16. The molecular formula is C14H17NSi. The maximum Gasteiger partial charge on any atom is 0.172 e. The lowest BCUT2D eigenvalue weighted by Gasteiger charge is -2.07. The van der Waals surface area contributed by atoms with Gasteiger partial charge in [0.1, 0.15) is 0 Å². The third-order valence-corrected chi connectivity index (χ3v) is 3.28. The van der Waals surface area contributed by atoms with E-state index in [0.717, 1.165) is 0 Å². The summed E-state index contributed by atoms with van der Waals surface area (Å²) in [4.78, 5) is 0. The van der Waals surface area contributed by atoms with Crippen molar-refractivity contribution in [3.05, 3.63) is 48.0 Å². The first kappa shape index (κ1) is 11.1. The highest BCUT2D eigenvalue weighted by Crippen LogP contribution is 2.15. The van der Waals surface area contributed by atoms with Gasteiger partial charge in [-0.05, 0) is 42.0 Å². The van der Waals surface area contributed by atoms with Crippen molar-refractivity contribution < 1.29 is 0 Å². The van der Waals surface area contributed by atoms with Gasteiger partial charge in [-0.15, -0.1) is 0 Å². The zero-order chi connectivity index (χ0) is 11.6. The third kappa shape index (κ3) is 2.80. The molecule has 2 aromatic carbocycles. The van der Waals surface area contributed by atoms with Crippen LogP contribution in [0.5, 0.6) is 0 Å². The Hall–Kier alpha value is -1.41. The monoisotopic (exact) mass is 227 g/mol. The number of benzene rings is 2. The van der Waals surface area contributed by atoms with Crippen molar-refractivity contribution in [2.45, 2.75) is 19.6 Å². The van der Waals surface area contributed by atoms with Gasteiger partial charge >= 0.3 is 0 Å². The Kier molecular flexibility index (Phi) is 2.92. The zero-order valence-electron chi connectivity index (χ0n) is 10.1. The van der Waals surface area contributed by atoms with Crippen molar-refractivity contribution >= 4 is 25.2 Å². The first-order valence-corrected chi connectivity index (χ1v) is 9.03. The van der Waals surface area contributed by atoms with Gasteiger partial charge in [-0.25, -0.2) is 0 Å². The highest BCUT2D eigenvalue weighted by molar-refractivity contribution is 6.75. The summed E-state index contributed by atoms with van der Waals surface area (Å²) in [5.41, 5.74) is 1.20. The summed E-state index contributed by atoms with van der Waals surface area (Å²) in [7, 11) is -1.34. The van der Waals surface area contributed by atoms with Gasteiger partial charge < -0.3 is 4.66 Å². The second-order valence-electron chi connectivity index (χ2n) is 5.04. The van der Waals surface area contributed by atoms with Crippen LogP contribution in [0.1, 0.15) is 5.56 Å². The molecule has 0 fully saturated rings. The van der Waals surface area contributed by atoms with Crippen LogP contribution in [-0.4, -0.2) is 14.5 Å². The minimum absolute atomic E-state index is 1.20. The smallest absolute Gasteiger partial charge is 0.172 e. The van der Waals surface area contributed by atoms with Crippen molar-refractivity contribution in [2.24, 2.45) is 4.66 Å². The van der Waals surface area contributed by atoms with Gasteiger partial charge in [0.05, 0.1) is 0 Å². The molecule has 0 atom stereocenters. The Morgan fingerprint density at radius 2 is 1.62 bits per heavy atom. The molecule has 0 spiro atoms. The summed E-state index contributed by atoms with van der Waals surface area (Å²) in [5, 5.41) is 2.56. The Morgan fingerprint density at radius 3 is 2.31 bits per heavy atom. The summed E-state index contributed by atoms with van der Waals surface area (Å²) in [6, 6.07) is 14.9. The Morgan fingerprint density at radius 1 is 0.938 bits per heavy atom. The molecule has 82 valence electrons. The SMILES string of the molecule is C[Si](C)(C)/N=C/c1ccc2ccccc2c1. The predicted molar refractivity (Wildman–Crippen MR) is 74.9 cm³/mol. The number of hydrogen-bond donors (Lipinski definition) is 0. The molecule has 1 nitrogen and oxygen atoms in total. The molecule has 0 amide bonds. The van der Waals surface area contributed by atoms with E-state index in [1.165, 1.54) is 16.3 Å². The van der Waals surface area contributed by atoms with E-state index in [0.29, 0.717) is 0 Å². The molecule has 0 aliphatic carbocycles. The van der Waals surface area contributed by atoms with E-state index in [2.05, 4.69) is 66.8 Å². The number of rotatable bonds is 2. The molecule has 0 unspecified atom stereocenters. The molecule has 0 aliphatic heterocycles. The molecule has 2 rings (SSSR count). The van der Waals surface area contributed by atoms with Gasteiger partial charge in [-0.1, -0.05) is 36.4 Å². The molecule has 0 saturated carbocycles. The van der Waals surface area contributed by atoms with E-state index in [4.69, 9.17) is 0 Å². The van der Waals surface area contributed by atoms with Gasteiger partial charge in [-0.3, -0.25) is 0 Å². The van der Waals surface area contributed by atoms with Gasteiger partial charge in [-0.2, -0.15) is 0 Å². The molecule has 0 bridgehead atoms. The van der Waals surface area contributed by atoms with Crippen LogP contribution in [0.25, 0.3) is 10.8 Å². The van der Waals surface area contributed by atoms with Crippen molar-refractivity contribution in [1.29, 1.82) is 0 Å². The number of fused-ring (bicyclic) bond motifs is 1. The fourth-order valence-electron chi connectivity index (χ4n) is 1.56. The maximum absolute atomic E-state index is 4.65. The summed E-state index contributed by atoms with van der Waals surface area (Å²) >= 11 is 0. The summed E-state index contributed by atoms with van der Waals surface area (Å²) in [6.07, 6.45) is 2.01. The lowest BCUT2D eigenvalue weighted by molar-refractivity contribution is 1.57. The molecule has 0 aliphatic rings. The van der Waals surface area contributed by atoms with E-state index in [1.54, 1.807) is 0 Å². The van der Waals surface area contributed by atoms with Crippen LogP contribution in [0.15, 0.2) is 47.1 Å². The molecule has 0 N–H and O–H groups in total. The van der Waals surface area contributed by atoms with Crippen LogP contribution < -0.4 is 0 Å². The predicted octanol–water partition coefficient (Wildman–Crippen LogP) is 4.09. The number of hydrogen-bond acceptors (Lipinski definition) is 1. The quantitative estimate of drug-likeness (QED) is 0.541. The maximum atomic E-state index is 4.65. The first-order chi connectivity index (χ1) is 7.54. The molecule has 0 heterocycles. The Labute approximate surface area is 97.9 Å². The van der Waals surface area contributed by atoms with Gasteiger partial charge in [0.15, 0.2) is 8.24 Å². The van der Waals surface area contributed by atoms with Crippen LogP contribution in [0.2, 0.25) is 19.6 Å². The summed E-state index contributed by atoms with van der Waals surface area (Å²) in [5.74, 6) is 0.